The molecular formula is C20H22F3N3O5. The summed E-state index contributed by atoms with van der Waals surface area (Å²) in [7, 11) is 1.40. The molecule has 0 spiro atoms. The number of methoxy groups -OCH3 is 1. The predicted octanol–water partition coefficient (Wildman–Crippen LogP) is 2.21. The van der Waals surface area contributed by atoms with Gasteiger partial charge in [-0.25, -0.2) is 4.68 Å². The number of carbonyl (C=O) groups is 2. The molecule has 0 atom stereocenters. The minimum atomic E-state index is -4.57. The Kier molecular flexibility index (Phi) is 7.92. The van der Waals surface area contributed by atoms with Crippen molar-refractivity contribution in [2.45, 2.75) is 20.0 Å². The zero-order chi connectivity index (χ0) is 23.2. The number of carbonyl (C=O) groups excluding carboxylic acids is 2. The van der Waals surface area contributed by atoms with Gasteiger partial charge in [-0.05, 0) is 32.0 Å². The highest BCUT2D eigenvalue weighted by atomic mass is 19.4. The van der Waals surface area contributed by atoms with Gasteiger partial charge in [0.25, 0.3) is 5.91 Å². The van der Waals surface area contributed by atoms with Crippen molar-refractivity contribution in [2.24, 2.45) is 0 Å². The van der Waals surface area contributed by atoms with Crippen molar-refractivity contribution in [2.75, 3.05) is 33.4 Å². The summed E-state index contributed by atoms with van der Waals surface area (Å²) in [6.07, 6.45) is -4.57. The number of aryl methyl sites for hydroxylation is 1. The Morgan fingerprint density at radius 3 is 2.55 bits per heavy atom. The first-order valence-electron chi connectivity index (χ1n) is 9.31. The van der Waals surface area contributed by atoms with Gasteiger partial charge in [-0.2, -0.15) is 18.3 Å². The highest BCUT2D eigenvalue weighted by Gasteiger charge is 2.31. The lowest BCUT2D eigenvalue weighted by atomic mass is 10.2. The Hall–Kier alpha value is -3.21. The fraction of sp³-hybridized carbons (Fsp3) is 0.400. The largest absolute Gasteiger partial charge is 0.465 e. The summed E-state index contributed by atoms with van der Waals surface area (Å²) in [5.41, 5.74) is -1.91. The van der Waals surface area contributed by atoms with Gasteiger partial charge >= 0.3 is 12.1 Å². The second kappa shape index (κ2) is 10.2. The second-order valence-electron chi connectivity index (χ2n) is 6.48. The maximum Gasteiger partial charge on any atom is 0.416 e. The lowest BCUT2D eigenvalue weighted by Crippen LogP contribution is -2.41. The summed E-state index contributed by atoms with van der Waals surface area (Å²) in [6.45, 7) is 2.81. The quantitative estimate of drug-likeness (QED) is 0.584. The van der Waals surface area contributed by atoms with Gasteiger partial charge in [0.1, 0.15) is 6.54 Å². The molecule has 11 heteroatoms. The van der Waals surface area contributed by atoms with Gasteiger partial charge in [-0.3, -0.25) is 14.4 Å². The Morgan fingerprint density at radius 2 is 1.94 bits per heavy atom. The van der Waals surface area contributed by atoms with E-state index in [0.717, 1.165) is 27.8 Å². The fourth-order valence-electron chi connectivity index (χ4n) is 2.74. The van der Waals surface area contributed by atoms with E-state index in [2.05, 4.69) is 5.10 Å². The molecule has 0 bridgehead atoms. The molecule has 8 nitrogen and oxygen atoms in total. The third kappa shape index (κ3) is 6.14. The number of rotatable bonds is 8. The number of nitrogens with zero attached hydrogens (tertiary/aromatic N) is 3. The first-order chi connectivity index (χ1) is 14.6. The standard InChI is InChI=1S/C20H22F3N3O5/c1-4-31-17(28)12-25(8-9-30-3)19(29)18-16(27)10-13(2)26(24-18)15-7-5-6-14(11-15)20(21,22)23/h5-7,10-11H,4,8-9,12H2,1-3H3. The predicted molar refractivity (Wildman–Crippen MR) is 104 cm³/mol. The molecule has 2 rings (SSSR count). The second-order valence-corrected chi connectivity index (χ2v) is 6.48. The Bertz CT molecular complexity index is 1000. The number of halogens is 3. The Morgan fingerprint density at radius 1 is 1.23 bits per heavy atom. The molecule has 31 heavy (non-hydrogen) atoms. The van der Waals surface area contributed by atoms with E-state index in [1.807, 2.05) is 0 Å². The SMILES string of the molecule is CCOC(=O)CN(CCOC)C(=O)c1nn(-c2cccc(C(F)(F)F)c2)c(C)cc1=O. The Labute approximate surface area is 176 Å². The van der Waals surface area contributed by atoms with Gasteiger partial charge in [-0.15, -0.1) is 0 Å². The number of ether oxygens (including phenoxy) is 2. The lowest BCUT2D eigenvalue weighted by molar-refractivity contribution is -0.144. The minimum Gasteiger partial charge on any atom is -0.465 e. The van der Waals surface area contributed by atoms with Crippen molar-refractivity contribution >= 4 is 11.9 Å². The van der Waals surface area contributed by atoms with E-state index < -0.39 is 41.3 Å². The molecule has 1 amide bonds. The number of benzene rings is 1. The van der Waals surface area contributed by atoms with Crippen molar-refractivity contribution in [3.63, 3.8) is 0 Å². The van der Waals surface area contributed by atoms with Gasteiger partial charge in [0, 0.05) is 25.4 Å². The third-order valence-electron chi connectivity index (χ3n) is 4.21. The van der Waals surface area contributed by atoms with Crippen molar-refractivity contribution < 1.29 is 32.2 Å². The van der Waals surface area contributed by atoms with Gasteiger partial charge in [-0.1, -0.05) is 6.07 Å². The van der Waals surface area contributed by atoms with Crippen molar-refractivity contribution in [3.05, 3.63) is 57.5 Å². The number of amides is 1. The molecule has 0 N–H and O–H groups in total. The molecule has 1 heterocycles. The first kappa shape index (κ1) is 24.1. The van der Waals surface area contributed by atoms with Crippen LogP contribution in [0.15, 0.2) is 35.1 Å². The fourth-order valence-corrected chi connectivity index (χ4v) is 2.74. The van der Waals surface area contributed by atoms with Crippen LogP contribution >= 0.6 is 0 Å². The maximum absolute atomic E-state index is 13.1. The molecule has 0 saturated heterocycles. The van der Waals surface area contributed by atoms with Crippen LogP contribution in [0.25, 0.3) is 5.69 Å². The molecular weight excluding hydrogens is 419 g/mol. The molecule has 0 unspecified atom stereocenters. The molecule has 0 radical (unpaired) electrons. The van der Waals surface area contributed by atoms with Crippen molar-refractivity contribution in [3.8, 4) is 5.69 Å². The zero-order valence-electron chi connectivity index (χ0n) is 17.2. The van der Waals surface area contributed by atoms with E-state index in [9.17, 15) is 27.6 Å². The molecule has 0 fully saturated rings. The summed E-state index contributed by atoms with van der Waals surface area (Å²) < 4.78 is 50.0. The summed E-state index contributed by atoms with van der Waals surface area (Å²) in [6, 6.07) is 5.43. The van der Waals surface area contributed by atoms with Crippen LogP contribution in [0.3, 0.4) is 0 Å². The summed E-state index contributed by atoms with van der Waals surface area (Å²) in [5.74, 6) is -1.55. The highest BCUT2D eigenvalue weighted by molar-refractivity contribution is 5.94. The van der Waals surface area contributed by atoms with Crippen molar-refractivity contribution in [1.29, 1.82) is 0 Å². The molecule has 0 aliphatic heterocycles. The number of alkyl halides is 3. The van der Waals surface area contributed by atoms with Crippen LogP contribution in [0, 0.1) is 6.92 Å². The van der Waals surface area contributed by atoms with Gasteiger partial charge < -0.3 is 14.4 Å². The van der Waals surface area contributed by atoms with Crippen LogP contribution in [0.4, 0.5) is 13.2 Å². The third-order valence-corrected chi connectivity index (χ3v) is 4.21. The first-order valence-corrected chi connectivity index (χ1v) is 9.31. The normalized spacial score (nSPS) is 11.3. The van der Waals surface area contributed by atoms with E-state index in [1.54, 1.807) is 6.92 Å². The highest BCUT2D eigenvalue weighted by Crippen LogP contribution is 2.30. The van der Waals surface area contributed by atoms with Crippen LogP contribution < -0.4 is 5.43 Å². The van der Waals surface area contributed by atoms with E-state index in [4.69, 9.17) is 9.47 Å². The van der Waals surface area contributed by atoms with Crippen molar-refractivity contribution in [1.82, 2.24) is 14.7 Å². The molecule has 1 aromatic carbocycles. The molecule has 0 aliphatic rings. The molecule has 0 aliphatic carbocycles. The van der Waals surface area contributed by atoms with Crippen LogP contribution in [-0.4, -0.2) is 60.0 Å². The lowest BCUT2D eigenvalue weighted by Gasteiger charge is -2.21. The van der Waals surface area contributed by atoms with Gasteiger partial charge in [0.05, 0.1) is 24.5 Å². The average Bonchev–Trinajstić information content (AvgIpc) is 2.70. The number of hydrogen-bond acceptors (Lipinski definition) is 6. The maximum atomic E-state index is 13.1. The average molecular weight is 441 g/mol. The molecule has 1 aromatic heterocycles. The van der Waals surface area contributed by atoms with E-state index in [-0.39, 0.29) is 31.1 Å². The topological polar surface area (TPSA) is 90.7 Å². The van der Waals surface area contributed by atoms with Gasteiger partial charge in [0.2, 0.25) is 5.43 Å². The number of esters is 1. The van der Waals surface area contributed by atoms with Crippen LogP contribution in [0.2, 0.25) is 0 Å². The summed E-state index contributed by atoms with van der Waals surface area (Å²) in [4.78, 5) is 38.3. The Balaban J connectivity index is 2.48. The summed E-state index contributed by atoms with van der Waals surface area (Å²) >= 11 is 0. The minimum absolute atomic E-state index is 0.0211. The number of hydrogen-bond donors (Lipinski definition) is 0. The van der Waals surface area contributed by atoms with E-state index in [1.165, 1.54) is 26.2 Å². The van der Waals surface area contributed by atoms with E-state index >= 15 is 0 Å². The zero-order valence-corrected chi connectivity index (χ0v) is 17.2. The van der Waals surface area contributed by atoms with E-state index in [0.29, 0.717) is 0 Å². The van der Waals surface area contributed by atoms with Gasteiger partial charge in [0.15, 0.2) is 5.69 Å². The van der Waals surface area contributed by atoms with Crippen LogP contribution in [0.5, 0.6) is 0 Å². The molecule has 168 valence electrons. The number of aromatic nitrogens is 2. The molecule has 0 saturated carbocycles. The smallest absolute Gasteiger partial charge is 0.416 e. The van der Waals surface area contributed by atoms with Crippen LogP contribution in [0.1, 0.15) is 28.7 Å². The molecule has 2 aromatic rings. The van der Waals surface area contributed by atoms with Crippen LogP contribution in [-0.2, 0) is 20.4 Å². The summed E-state index contributed by atoms with van der Waals surface area (Å²) in [5, 5.41) is 4.00. The monoisotopic (exact) mass is 441 g/mol.